The van der Waals surface area contributed by atoms with Crippen LogP contribution in [0.2, 0.25) is 0 Å². The summed E-state index contributed by atoms with van der Waals surface area (Å²) in [6.45, 7) is 4.41. The molecule has 0 aliphatic rings. The molecule has 0 aliphatic heterocycles. The average molecular weight is 293 g/mol. The fourth-order valence-electron chi connectivity index (χ4n) is 2.05. The van der Waals surface area contributed by atoms with Gasteiger partial charge in [-0.3, -0.25) is 9.48 Å². The highest BCUT2D eigenvalue weighted by atomic mass is 32.2. The van der Waals surface area contributed by atoms with E-state index in [2.05, 4.69) is 22.0 Å². The predicted octanol–water partition coefficient (Wildman–Crippen LogP) is 1.37. The third-order valence-corrected chi connectivity index (χ3v) is 4.06. The highest BCUT2D eigenvalue weighted by molar-refractivity contribution is 7.99. The van der Waals surface area contributed by atoms with Gasteiger partial charge in [0.25, 0.3) is 5.56 Å². The van der Waals surface area contributed by atoms with Gasteiger partial charge in [-0.2, -0.15) is 5.10 Å². The number of nitrogens with one attached hydrogen (secondary N) is 1. The van der Waals surface area contributed by atoms with Gasteiger partial charge in [0.2, 0.25) is 0 Å². The molecule has 2 aromatic rings. The Morgan fingerprint density at radius 1 is 1.50 bits per heavy atom. The lowest BCUT2D eigenvalue weighted by atomic mass is 10.2. The quantitative estimate of drug-likeness (QED) is 0.813. The zero-order valence-corrected chi connectivity index (χ0v) is 12.8. The molecule has 0 atom stereocenters. The Balaban J connectivity index is 2.37. The molecule has 2 heterocycles. The Bertz CT molecular complexity index is 661. The van der Waals surface area contributed by atoms with Crippen LogP contribution in [0.1, 0.15) is 30.3 Å². The van der Waals surface area contributed by atoms with Crippen molar-refractivity contribution in [2.45, 2.75) is 43.4 Å². The zero-order valence-electron chi connectivity index (χ0n) is 11.9. The number of H-pyrrole nitrogens is 1. The summed E-state index contributed by atoms with van der Waals surface area (Å²) in [5.74, 6) is 0. The monoisotopic (exact) mass is 293 g/mol. The molecule has 2 rings (SSSR count). The molecule has 3 N–H and O–H groups in total. The van der Waals surface area contributed by atoms with Gasteiger partial charge in [0.05, 0.1) is 5.69 Å². The summed E-state index contributed by atoms with van der Waals surface area (Å²) in [6, 6.07) is 1.55. The van der Waals surface area contributed by atoms with Crippen molar-refractivity contribution in [1.82, 2.24) is 19.7 Å². The Labute approximate surface area is 121 Å². The Kier molecular flexibility index (Phi) is 4.61. The third-order valence-electron chi connectivity index (χ3n) is 2.97. The fourth-order valence-corrected chi connectivity index (χ4v) is 3.08. The second-order valence-electron chi connectivity index (χ2n) is 4.59. The first kappa shape index (κ1) is 14.8. The molecule has 0 fully saturated rings. The van der Waals surface area contributed by atoms with E-state index in [0.717, 1.165) is 34.8 Å². The van der Waals surface area contributed by atoms with Crippen molar-refractivity contribution in [1.29, 1.82) is 0 Å². The summed E-state index contributed by atoms with van der Waals surface area (Å²) in [7, 11) is 1.86. The van der Waals surface area contributed by atoms with Gasteiger partial charge in [0, 0.05) is 30.9 Å². The minimum atomic E-state index is -0.126. The van der Waals surface area contributed by atoms with Crippen LogP contribution in [0.25, 0.3) is 0 Å². The highest BCUT2D eigenvalue weighted by Crippen LogP contribution is 2.28. The lowest BCUT2D eigenvalue weighted by molar-refractivity contribution is 0.686. The van der Waals surface area contributed by atoms with Gasteiger partial charge in [-0.15, -0.1) is 0 Å². The van der Waals surface area contributed by atoms with E-state index in [0.29, 0.717) is 11.7 Å². The van der Waals surface area contributed by atoms with Crippen LogP contribution in [-0.2, 0) is 20.0 Å². The average Bonchev–Trinajstić information content (AvgIpc) is 2.63. The van der Waals surface area contributed by atoms with E-state index in [1.165, 1.54) is 11.8 Å². The first-order valence-electron chi connectivity index (χ1n) is 6.55. The molecule has 0 radical (unpaired) electrons. The second-order valence-corrected chi connectivity index (χ2v) is 5.57. The number of nitrogens with zero attached hydrogens (tertiary/aromatic N) is 3. The van der Waals surface area contributed by atoms with E-state index in [1.54, 1.807) is 10.7 Å². The Morgan fingerprint density at radius 3 is 2.90 bits per heavy atom. The summed E-state index contributed by atoms with van der Waals surface area (Å²) < 4.78 is 1.77. The maximum atomic E-state index is 11.7. The van der Waals surface area contributed by atoms with Crippen LogP contribution < -0.4 is 11.3 Å². The van der Waals surface area contributed by atoms with Crippen LogP contribution >= 0.6 is 11.8 Å². The van der Waals surface area contributed by atoms with Crippen LogP contribution in [0, 0.1) is 6.92 Å². The third kappa shape index (κ3) is 3.10. The first-order valence-corrected chi connectivity index (χ1v) is 7.37. The SMILES string of the molecule is CCCc1cc(=O)[nH]c(Sc2c(CN)c(C)nn2C)n1. The lowest BCUT2D eigenvalue weighted by Crippen LogP contribution is -2.10. The van der Waals surface area contributed by atoms with Crippen molar-refractivity contribution >= 4 is 11.8 Å². The van der Waals surface area contributed by atoms with Crippen molar-refractivity contribution in [2.24, 2.45) is 12.8 Å². The molecule has 0 unspecified atom stereocenters. The molecule has 0 spiro atoms. The van der Waals surface area contributed by atoms with Crippen molar-refractivity contribution in [3.8, 4) is 0 Å². The van der Waals surface area contributed by atoms with Gasteiger partial charge >= 0.3 is 0 Å². The maximum absolute atomic E-state index is 11.7. The maximum Gasteiger partial charge on any atom is 0.251 e. The van der Waals surface area contributed by atoms with Gasteiger partial charge in [0.15, 0.2) is 5.16 Å². The van der Waals surface area contributed by atoms with Crippen LogP contribution in [-0.4, -0.2) is 19.7 Å². The van der Waals surface area contributed by atoms with E-state index in [9.17, 15) is 4.79 Å². The molecule has 0 saturated heterocycles. The van der Waals surface area contributed by atoms with Crippen molar-refractivity contribution in [2.75, 3.05) is 0 Å². The van der Waals surface area contributed by atoms with Crippen molar-refractivity contribution in [3.63, 3.8) is 0 Å². The number of aromatic amines is 1. The summed E-state index contributed by atoms with van der Waals surface area (Å²) in [6.07, 6.45) is 1.76. The van der Waals surface area contributed by atoms with Gasteiger partial charge < -0.3 is 10.7 Å². The van der Waals surface area contributed by atoms with Crippen LogP contribution in [0.4, 0.5) is 0 Å². The number of rotatable bonds is 5. The van der Waals surface area contributed by atoms with Crippen LogP contribution in [0.5, 0.6) is 0 Å². The molecule has 6 nitrogen and oxygen atoms in total. The molecule has 7 heteroatoms. The molecular formula is C13H19N5OS. The summed E-state index contributed by atoms with van der Waals surface area (Å²) in [5.41, 5.74) is 8.35. The van der Waals surface area contributed by atoms with E-state index < -0.39 is 0 Å². The van der Waals surface area contributed by atoms with Gasteiger partial charge in [-0.1, -0.05) is 13.3 Å². The molecule has 0 bridgehead atoms. The minimum absolute atomic E-state index is 0.126. The molecule has 20 heavy (non-hydrogen) atoms. The zero-order chi connectivity index (χ0) is 14.7. The molecular weight excluding hydrogens is 274 g/mol. The van der Waals surface area contributed by atoms with E-state index in [4.69, 9.17) is 5.73 Å². The van der Waals surface area contributed by atoms with Crippen molar-refractivity contribution < 1.29 is 0 Å². The molecule has 0 saturated carbocycles. The van der Waals surface area contributed by atoms with E-state index in [1.807, 2.05) is 14.0 Å². The van der Waals surface area contributed by atoms with Gasteiger partial charge in [-0.05, 0) is 25.1 Å². The molecule has 108 valence electrons. The number of aryl methyl sites for hydroxylation is 3. The first-order chi connectivity index (χ1) is 9.55. The summed E-state index contributed by atoms with van der Waals surface area (Å²) in [5, 5.41) is 5.86. The van der Waals surface area contributed by atoms with Crippen LogP contribution in [0.15, 0.2) is 21.0 Å². The van der Waals surface area contributed by atoms with E-state index >= 15 is 0 Å². The smallest absolute Gasteiger partial charge is 0.251 e. The lowest BCUT2D eigenvalue weighted by Gasteiger charge is -2.05. The highest BCUT2D eigenvalue weighted by Gasteiger charge is 2.14. The second kappa shape index (κ2) is 6.23. The molecule has 0 amide bonds. The minimum Gasteiger partial charge on any atom is -0.326 e. The number of nitrogens with two attached hydrogens (primary N) is 1. The van der Waals surface area contributed by atoms with Crippen LogP contribution in [0.3, 0.4) is 0 Å². The summed E-state index contributed by atoms with van der Waals surface area (Å²) >= 11 is 1.39. The Hall–Kier alpha value is -1.60. The van der Waals surface area contributed by atoms with Crippen molar-refractivity contribution in [3.05, 3.63) is 33.4 Å². The predicted molar refractivity (Wildman–Crippen MR) is 78.8 cm³/mol. The largest absolute Gasteiger partial charge is 0.326 e. The fraction of sp³-hybridized carbons (Fsp3) is 0.462. The topological polar surface area (TPSA) is 89.6 Å². The number of hydrogen-bond acceptors (Lipinski definition) is 5. The number of aromatic nitrogens is 4. The summed E-state index contributed by atoms with van der Waals surface area (Å²) in [4.78, 5) is 18.9. The Morgan fingerprint density at radius 2 is 2.25 bits per heavy atom. The van der Waals surface area contributed by atoms with E-state index in [-0.39, 0.29) is 5.56 Å². The normalized spacial score (nSPS) is 11.0. The van der Waals surface area contributed by atoms with Gasteiger partial charge in [0.1, 0.15) is 5.03 Å². The molecule has 2 aromatic heterocycles. The molecule has 0 aromatic carbocycles. The van der Waals surface area contributed by atoms with Gasteiger partial charge in [-0.25, -0.2) is 4.98 Å². The standard InChI is InChI=1S/C13H19N5OS/c1-4-5-9-6-11(19)16-13(15-9)20-12-10(7-14)8(2)17-18(12)3/h6H,4-5,7,14H2,1-3H3,(H,15,16,19). The molecule has 0 aliphatic carbocycles. The number of hydrogen-bond donors (Lipinski definition) is 2.